The number of hydrogen-bond donors (Lipinski definition) is 0. The van der Waals surface area contributed by atoms with Gasteiger partial charge in [0.15, 0.2) is 0 Å². The van der Waals surface area contributed by atoms with Crippen molar-refractivity contribution >= 4 is 5.69 Å². The van der Waals surface area contributed by atoms with E-state index in [-0.39, 0.29) is 5.82 Å². The minimum absolute atomic E-state index is 0.177. The first-order valence-corrected chi connectivity index (χ1v) is 7.47. The van der Waals surface area contributed by atoms with E-state index in [2.05, 4.69) is 41.1 Å². The van der Waals surface area contributed by atoms with Crippen LogP contribution in [0.5, 0.6) is 0 Å². The van der Waals surface area contributed by atoms with Crippen LogP contribution in [-0.4, -0.2) is 38.1 Å². The predicted molar refractivity (Wildman–Crippen MR) is 85.4 cm³/mol. The molecule has 0 aromatic heterocycles. The molecule has 0 spiro atoms. The monoisotopic (exact) mass is 284 g/mol. The van der Waals surface area contributed by atoms with E-state index in [1.807, 2.05) is 12.1 Å². The van der Waals surface area contributed by atoms with Crippen LogP contribution in [0.2, 0.25) is 0 Å². The Bertz CT molecular complexity index is 569. The Morgan fingerprint density at radius 3 is 1.90 bits per heavy atom. The molecule has 1 fully saturated rings. The fourth-order valence-corrected chi connectivity index (χ4v) is 2.73. The van der Waals surface area contributed by atoms with Crippen molar-refractivity contribution in [3.05, 3.63) is 65.5 Å². The summed E-state index contributed by atoms with van der Waals surface area (Å²) in [6, 6.07) is 15.5. The zero-order chi connectivity index (χ0) is 14.7. The highest BCUT2D eigenvalue weighted by atomic mass is 19.1. The molecule has 0 unspecified atom stereocenters. The van der Waals surface area contributed by atoms with E-state index in [9.17, 15) is 4.39 Å². The smallest absolute Gasteiger partial charge is 0.123 e. The molecule has 0 radical (unpaired) electrons. The van der Waals surface area contributed by atoms with Gasteiger partial charge in [0.1, 0.15) is 5.82 Å². The van der Waals surface area contributed by atoms with Crippen LogP contribution in [-0.2, 0) is 6.42 Å². The van der Waals surface area contributed by atoms with Gasteiger partial charge in [-0.3, -0.25) is 0 Å². The van der Waals surface area contributed by atoms with Gasteiger partial charge in [0.2, 0.25) is 0 Å². The summed E-state index contributed by atoms with van der Waals surface area (Å²) >= 11 is 0. The van der Waals surface area contributed by atoms with Crippen molar-refractivity contribution in [1.82, 2.24) is 4.90 Å². The first-order valence-electron chi connectivity index (χ1n) is 7.47. The maximum Gasteiger partial charge on any atom is 0.123 e. The number of nitrogens with zero attached hydrogens (tertiary/aromatic N) is 2. The molecule has 0 amide bonds. The highest BCUT2D eigenvalue weighted by Crippen LogP contribution is 2.18. The second-order valence-corrected chi connectivity index (χ2v) is 5.76. The summed E-state index contributed by atoms with van der Waals surface area (Å²) in [6.07, 6.45) is 0.850. The van der Waals surface area contributed by atoms with Crippen LogP contribution in [0.15, 0.2) is 48.5 Å². The van der Waals surface area contributed by atoms with Crippen LogP contribution in [0, 0.1) is 5.82 Å². The largest absolute Gasteiger partial charge is 0.369 e. The summed E-state index contributed by atoms with van der Waals surface area (Å²) in [4.78, 5) is 4.79. The van der Waals surface area contributed by atoms with Crippen molar-refractivity contribution in [2.45, 2.75) is 6.42 Å². The third kappa shape index (κ3) is 3.61. The lowest BCUT2D eigenvalue weighted by atomic mass is 10.0. The van der Waals surface area contributed by atoms with E-state index < -0.39 is 0 Å². The van der Waals surface area contributed by atoms with Gasteiger partial charge >= 0.3 is 0 Å². The summed E-state index contributed by atoms with van der Waals surface area (Å²) in [5.41, 5.74) is 3.70. The molecular weight excluding hydrogens is 263 g/mol. The van der Waals surface area contributed by atoms with Crippen molar-refractivity contribution in [3.63, 3.8) is 0 Å². The lowest BCUT2D eigenvalue weighted by Gasteiger charge is -2.34. The number of piperazine rings is 1. The molecule has 1 aliphatic heterocycles. The Balaban J connectivity index is 1.65. The molecular formula is C18H21FN2. The summed E-state index contributed by atoms with van der Waals surface area (Å²) in [7, 11) is 2.17. The topological polar surface area (TPSA) is 6.48 Å². The predicted octanol–water partition coefficient (Wildman–Crippen LogP) is 3.17. The fraction of sp³-hybridized carbons (Fsp3) is 0.333. The molecule has 110 valence electrons. The SMILES string of the molecule is CN1CCN(c2ccc(Cc3ccc(F)cc3)cc2)CC1. The van der Waals surface area contributed by atoms with Crippen LogP contribution < -0.4 is 4.90 Å². The van der Waals surface area contributed by atoms with E-state index in [0.29, 0.717) is 0 Å². The summed E-state index contributed by atoms with van der Waals surface area (Å²) < 4.78 is 12.9. The van der Waals surface area contributed by atoms with Crippen LogP contribution in [0.3, 0.4) is 0 Å². The van der Waals surface area contributed by atoms with Crippen LogP contribution >= 0.6 is 0 Å². The molecule has 1 saturated heterocycles. The van der Waals surface area contributed by atoms with Gasteiger partial charge in [-0.05, 0) is 48.9 Å². The van der Waals surface area contributed by atoms with E-state index >= 15 is 0 Å². The zero-order valence-electron chi connectivity index (χ0n) is 12.4. The number of benzene rings is 2. The van der Waals surface area contributed by atoms with Crippen molar-refractivity contribution in [1.29, 1.82) is 0 Å². The molecule has 2 aromatic carbocycles. The average Bonchev–Trinajstić information content (AvgIpc) is 2.51. The molecule has 0 saturated carbocycles. The molecule has 1 aliphatic rings. The standard InChI is InChI=1S/C18H21FN2/c1-20-10-12-21(13-11-20)18-8-4-16(5-9-18)14-15-2-6-17(19)7-3-15/h2-9H,10-14H2,1H3. The van der Waals surface area contributed by atoms with Crippen molar-refractivity contribution in [3.8, 4) is 0 Å². The molecule has 2 aromatic rings. The van der Waals surface area contributed by atoms with Gasteiger partial charge in [-0.25, -0.2) is 4.39 Å². The van der Waals surface area contributed by atoms with Crippen molar-refractivity contribution in [2.24, 2.45) is 0 Å². The lowest BCUT2D eigenvalue weighted by Crippen LogP contribution is -2.44. The van der Waals surface area contributed by atoms with Gasteiger partial charge in [-0.1, -0.05) is 24.3 Å². The molecule has 1 heterocycles. The zero-order valence-corrected chi connectivity index (χ0v) is 12.4. The fourth-order valence-electron chi connectivity index (χ4n) is 2.73. The number of likely N-dealkylation sites (N-methyl/N-ethyl adjacent to an activating group) is 1. The Morgan fingerprint density at radius 1 is 0.810 bits per heavy atom. The molecule has 0 atom stereocenters. The first-order chi connectivity index (χ1) is 10.2. The van der Waals surface area contributed by atoms with E-state index in [1.165, 1.54) is 23.4 Å². The molecule has 21 heavy (non-hydrogen) atoms. The Hall–Kier alpha value is -1.87. The van der Waals surface area contributed by atoms with Gasteiger partial charge < -0.3 is 9.80 Å². The van der Waals surface area contributed by atoms with Crippen molar-refractivity contribution in [2.75, 3.05) is 38.1 Å². The molecule has 0 aliphatic carbocycles. The number of anilines is 1. The first kappa shape index (κ1) is 14.1. The molecule has 0 bridgehead atoms. The summed E-state index contributed by atoms with van der Waals surface area (Å²) in [6.45, 7) is 4.43. The highest BCUT2D eigenvalue weighted by Gasteiger charge is 2.13. The maximum atomic E-state index is 12.9. The minimum Gasteiger partial charge on any atom is -0.369 e. The minimum atomic E-state index is -0.177. The quantitative estimate of drug-likeness (QED) is 0.854. The summed E-state index contributed by atoms with van der Waals surface area (Å²) in [5, 5.41) is 0. The normalized spacial score (nSPS) is 16.2. The molecule has 3 rings (SSSR count). The molecule has 3 heteroatoms. The second kappa shape index (κ2) is 6.27. The van der Waals surface area contributed by atoms with Crippen LogP contribution in [0.4, 0.5) is 10.1 Å². The Labute approximate surface area is 125 Å². The lowest BCUT2D eigenvalue weighted by molar-refractivity contribution is 0.313. The van der Waals surface area contributed by atoms with Gasteiger partial charge in [-0.15, -0.1) is 0 Å². The van der Waals surface area contributed by atoms with Gasteiger partial charge in [0, 0.05) is 31.9 Å². The van der Waals surface area contributed by atoms with Gasteiger partial charge in [-0.2, -0.15) is 0 Å². The van der Waals surface area contributed by atoms with Crippen LogP contribution in [0.25, 0.3) is 0 Å². The number of halogens is 1. The third-order valence-electron chi connectivity index (χ3n) is 4.13. The highest BCUT2D eigenvalue weighted by molar-refractivity contribution is 5.48. The molecule has 2 nitrogen and oxygen atoms in total. The van der Waals surface area contributed by atoms with E-state index in [1.54, 1.807) is 0 Å². The van der Waals surface area contributed by atoms with Gasteiger partial charge in [0.25, 0.3) is 0 Å². The number of rotatable bonds is 3. The van der Waals surface area contributed by atoms with Crippen LogP contribution in [0.1, 0.15) is 11.1 Å². The Morgan fingerprint density at radius 2 is 1.33 bits per heavy atom. The third-order valence-corrected chi connectivity index (χ3v) is 4.13. The molecule has 0 N–H and O–H groups in total. The second-order valence-electron chi connectivity index (χ2n) is 5.76. The maximum absolute atomic E-state index is 12.9. The number of hydrogen-bond acceptors (Lipinski definition) is 2. The van der Waals surface area contributed by atoms with E-state index in [4.69, 9.17) is 0 Å². The van der Waals surface area contributed by atoms with E-state index in [0.717, 1.165) is 38.2 Å². The van der Waals surface area contributed by atoms with Gasteiger partial charge in [0.05, 0.1) is 0 Å². The summed E-state index contributed by atoms with van der Waals surface area (Å²) in [5.74, 6) is -0.177. The Kier molecular flexibility index (Phi) is 4.20. The van der Waals surface area contributed by atoms with Crippen molar-refractivity contribution < 1.29 is 4.39 Å². The average molecular weight is 284 g/mol.